The lowest BCUT2D eigenvalue weighted by molar-refractivity contribution is -0.150. The zero-order valence-corrected chi connectivity index (χ0v) is 17.7. The molecule has 0 radical (unpaired) electrons. The van der Waals surface area contributed by atoms with Crippen molar-refractivity contribution in [3.63, 3.8) is 0 Å². The van der Waals surface area contributed by atoms with Crippen LogP contribution >= 0.6 is 34.8 Å². The molecule has 0 aliphatic carbocycles. The standard InChI is InChI=1S/C21H20Cl3NO4/c1-2-9-17(25-20(27)28-14-21(22,23)24)19(26)29-18(15-10-5-3-6-11-15)16-12-7-4-8-13-16/h2-8,10-13,17-18H,1,9,14H2,(H,25,27)/t17-/m1/s1. The normalized spacial score (nSPS) is 12.1. The van der Waals surface area contributed by atoms with Crippen molar-refractivity contribution in [3.05, 3.63) is 84.4 Å². The maximum absolute atomic E-state index is 12.8. The van der Waals surface area contributed by atoms with Gasteiger partial charge in [-0.1, -0.05) is 102 Å². The van der Waals surface area contributed by atoms with Gasteiger partial charge in [0.25, 0.3) is 0 Å². The molecule has 5 nitrogen and oxygen atoms in total. The monoisotopic (exact) mass is 455 g/mol. The maximum Gasteiger partial charge on any atom is 0.408 e. The molecule has 1 amide bonds. The molecular weight excluding hydrogens is 437 g/mol. The highest BCUT2D eigenvalue weighted by molar-refractivity contribution is 6.67. The first-order valence-electron chi connectivity index (χ1n) is 8.71. The minimum absolute atomic E-state index is 0.137. The van der Waals surface area contributed by atoms with E-state index in [2.05, 4.69) is 11.9 Å². The molecule has 8 heteroatoms. The maximum atomic E-state index is 12.8. The summed E-state index contributed by atoms with van der Waals surface area (Å²) in [6.07, 6.45) is 0.0754. The molecule has 1 N–H and O–H groups in total. The molecule has 0 aliphatic heterocycles. The zero-order chi connectivity index (χ0) is 21.3. The summed E-state index contributed by atoms with van der Waals surface area (Å²) in [5.41, 5.74) is 1.59. The van der Waals surface area contributed by atoms with E-state index in [4.69, 9.17) is 44.3 Å². The van der Waals surface area contributed by atoms with E-state index in [1.165, 1.54) is 6.08 Å². The summed E-state index contributed by atoms with van der Waals surface area (Å²) in [5.74, 6) is -0.645. The van der Waals surface area contributed by atoms with Crippen molar-refractivity contribution in [3.8, 4) is 0 Å². The third-order valence-electron chi connectivity index (χ3n) is 3.78. The fourth-order valence-electron chi connectivity index (χ4n) is 2.49. The average Bonchev–Trinajstić information content (AvgIpc) is 2.71. The summed E-state index contributed by atoms with van der Waals surface area (Å²) in [6.45, 7) is 3.15. The highest BCUT2D eigenvalue weighted by atomic mass is 35.6. The van der Waals surface area contributed by atoms with Gasteiger partial charge in [-0.3, -0.25) is 0 Å². The van der Waals surface area contributed by atoms with Gasteiger partial charge in [-0.05, 0) is 17.5 Å². The largest absolute Gasteiger partial charge is 0.451 e. The fraction of sp³-hybridized carbons (Fsp3) is 0.238. The predicted octanol–water partition coefficient (Wildman–Crippen LogP) is 5.36. The van der Waals surface area contributed by atoms with Crippen molar-refractivity contribution in [2.45, 2.75) is 22.4 Å². The predicted molar refractivity (Wildman–Crippen MR) is 114 cm³/mol. The minimum Gasteiger partial charge on any atom is -0.451 e. The van der Waals surface area contributed by atoms with Crippen molar-refractivity contribution in [2.24, 2.45) is 0 Å². The molecular formula is C21H20Cl3NO4. The summed E-state index contributed by atoms with van der Waals surface area (Å²) in [4.78, 5) is 24.8. The van der Waals surface area contributed by atoms with Crippen molar-refractivity contribution in [2.75, 3.05) is 6.61 Å². The first kappa shape index (κ1) is 23.1. The van der Waals surface area contributed by atoms with Crippen LogP contribution in [0, 0.1) is 0 Å². The summed E-state index contributed by atoms with van der Waals surface area (Å²) < 4.78 is 8.82. The summed E-state index contributed by atoms with van der Waals surface area (Å²) in [5, 5.41) is 2.42. The Balaban J connectivity index is 2.14. The number of nitrogens with one attached hydrogen (secondary N) is 1. The molecule has 0 aliphatic rings. The van der Waals surface area contributed by atoms with Crippen molar-refractivity contribution < 1.29 is 19.1 Å². The van der Waals surface area contributed by atoms with E-state index < -0.39 is 34.6 Å². The zero-order valence-electron chi connectivity index (χ0n) is 15.4. The molecule has 0 aromatic heterocycles. The van der Waals surface area contributed by atoms with E-state index in [1.54, 1.807) is 0 Å². The number of benzene rings is 2. The van der Waals surface area contributed by atoms with Crippen LogP contribution in [-0.4, -0.2) is 28.5 Å². The number of halogens is 3. The number of ether oxygens (including phenoxy) is 2. The van der Waals surface area contributed by atoms with E-state index in [-0.39, 0.29) is 6.42 Å². The van der Waals surface area contributed by atoms with Crippen LogP contribution in [0.5, 0.6) is 0 Å². The molecule has 2 aromatic rings. The Morgan fingerprint density at radius 3 is 1.97 bits per heavy atom. The van der Waals surface area contributed by atoms with Crippen LogP contribution in [0.1, 0.15) is 23.7 Å². The highest BCUT2D eigenvalue weighted by Crippen LogP contribution is 2.27. The van der Waals surface area contributed by atoms with Gasteiger partial charge in [-0.2, -0.15) is 0 Å². The first-order valence-corrected chi connectivity index (χ1v) is 9.85. The SMILES string of the molecule is C=CC[C@@H](NC(=O)OCC(Cl)(Cl)Cl)C(=O)OC(c1ccccc1)c1ccccc1. The number of hydrogen-bond acceptors (Lipinski definition) is 4. The number of amides is 1. The van der Waals surface area contributed by atoms with E-state index in [0.717, 1.165) is 11.1 Å². The van der Waals surface area contributed by atoms with Gasteiger partial charge in [0.05, 0.1) is 0 Å². The lowest BCUT2D eigenvalue weighted by atomic mass is 10.0. The molecule has 0 spiro atoms. The van der Waals surface area contributed by atoms with Crippen LogP contribution in [0.4, 0.5) is 4.79 Å². The summed E-state index contributed by atoms with van der Waals surface area (Å²) in [6, 6.07) is 17.6. The molecule has 0 heterocycles. The first-order chi connectivity index (χ1) is 13.8. The van der Waals surface area contributed by atoms with Crippen LogP contribution in [0.15, 0.2) is 73.3 Å². The van der Waals surface area contributed by atoms with Crippen molar-refractivity contribution >= 4 is 46.9 Å². The lowest BCUT2D eigenvalue weighted by Gasteiger charge is -2.23. The quantitative estimate of drug-likeness (QED) is 0.330. The molecule has 1 atom stereocenters. The third kappa shape index (κ3) is 7.97. The molecule has 29 heavy (non-hydrogen) atoms. The third-order valence-corrected chi connectivity index (χ3v) is 4.11. The van der Waals surface area contributed by atoms with E-state index >= 15 is 0 Å². The van der Waals surface area contributed by atoms with Gasteiger partial charge in [0.1, 0.15) is 12.6 Å². The van der Waals surface area contributed by atoms with Gasteiger partial charge in [0.15, 0.2) is 6.10 Å². The van der Waals surface area contributed by atoms with Gasteiger partial charge in [-0.15, -0.1) is 6.58 Å². The summed E-state index contributed by atoms with van der Waals surface area (Å²) >= 11 is 16.7. The molecule has 0 fully saturated rings. The summed E-state index contributed by atoms with van der Waals surface area (Å²) in [7, 11) is 0. The van der Waals surface area contributed by atoms with Gasteiger partial charge in [0.2, 0.25) is 3.79 Å². The second-order valence-corrected chi connectivity index (χ2v) is 8.57. The Morgan fingerprint density at radius 2 is 1.52 bits per heavy atom. The van der Waals surface area contributed by atoms with Gasteiger partial charge >= 0.3 is 12.1 Å². The van der Waals surface area contributed by atoms with E-state index in [1.807, 2.05) is 60.7 Å². The second kappa shape index (κ2) is 11.1. The molecule has 0 saturated carbocycles. The molecule has 2 aromatic carbocycles. The van der Waals surface area contributed by atoms with Crippen LogP contribution < -0.4 is 5.32 Å². The van der Waals surface area contributed by atoms with Gasteiger partial charge in [-0.25, -0.2) is 9.59 Å². The number of carbonyl (C=O) groups is 2. The fourth-order valence-corrected chi connectivity index (χ4v) is 2.66. The molecule has 154 valence electrons. The molecule has 2 rings (SSSR count). The smallest absolute Gasteiger partial charge is 0.408 e. The Kier molecular flexibility index (Phi) is 8.83. The van der Waals surface area contributed by atoms with Crippen LogP contribution in [0.3, 0.4) is 0 Å². The second-order valence-electron chi connectivity index (χ2n) is 6.05. The van der Waals surface area contributed by atoms with Gasteiger partial charge in [0, 0.05) is 0 Å². The average molecular weight is 457 g/mol. The van der Waals surface area contributed by atoms with Crippen molar-refractivity contribution in [1.82, 2.24) is 5.32 Å². The Hall–Kier alpha value is -2.21. The molecule has 0 saturated heterocycles. The Morgan fingerprint density at radius 1 is 1.00 bits per heavy atom. The molecule has 0 bridgehead atoms. The topological polar surface area (TPSA) is 64.6 Å². The number of esters is 1. The van der Waals surface area contributed by atoms with Crippen LogP contribution in [0.25, 0.3) is 0 Å². The van der Waals surface area contributed by atoms with E-state index in [9.17, 15) is 9.59 Å². The Labute approximate surface area is 184 Å². The number of carbonyl (C=O) groups excluding carboxylic acids is 2. The van der Waals surface area contributed by atoms with Crippen LogP contribution in [-0.2, 0) is 14.3 Å². The highest BCUT2D eigenvalue weighted by Gasteiger charge is 2.28. The number of rotatable bonds is 8. The number of hydrogen-bond donors (Lipinski definition) is 1. The number of alkyl halides is 3. The van der Waals surface area contributed by atoms with Gasteiger partial charge < -0.3 is 14.8 Å². The lowest BCUT2D eigenvalue weighted by Crippen LogP contribution is -2.43. The minimum atomic E-state index is -1.75. The van der Waals surface area contributed by atoms with E-state index in [0.29, 0.717) is 0 Å². The van der Waals surface area contributed by atoms with Crippen molar-refractivity contribution in [1.29, 1.82) is 0 Å². The molecule has 0 unspecified atom stereocenters. The number of alkyl carbamates (subject to hydrolysis) is 1. The Bertz CT molecular complexity index is 770. The van der Waals surface area contributed by atoms with Crippen LogP contribution in [0.2, 0.25) is 0 Å².